The summed E-state index contributed by atoms with van der Waals surface area (Å²) in [7, 11) is 0. The Labute approximate surface area is 111 Å². The molecule has 0 spiro atoms. The predicted molar refractivity (Wildman–Crippen MR) is 62.0 cm³/mol. The second-order valence-electron chi connectivity index (χ2n) is 3.89. The van der Waals surface area contributed by atoms with Crippen LogP contribution in [0.2, 0.25) is 5.02 Å². The first kappa shape index (κ1) is 13.8. The molecule has 1 N–H and O–H groups in total. The molecule has 0 radical (unpaired) electrons. The van der Waals surface area contributed by atoms with Crippen molar-refractivity contribution in [1.82, 2.24) is 15.0 Å². The van der Waals surface area contributed by atoms with Gasteiger partial charge in [-0.25, -0.2) is 4.68 Å². The summed E-state index contributed by atoms with van der Waals surface area (Å²) >= 11 is 5.88. The van der Waals surface area contributed by atoms with Crippen molar-refractivity contribution >= 4 is 11.6 Å². The Kier molecular flexibility index (Phi) is 3.51. The molecule has 102 valence electrons. The zero-order valence-electron chi connectivity index (χ0n) is 9.74. The van der Waals surface area contributed by atoms with Crippen LogP contribution in [-0.2, 0) is 12.8 Å². The van der Waals surface area contributed by atoms with Gasteiger partial charge < -0.3 is 5.11 Å². The van der Waals surface area contributed by atoms with Gasteiger partial charge in [0.2, 0.25) is 0 Å². The Morgan fingerprint density at radius 3 is 2.58 bits per heavy atom. The molecule has 1 aromatic heterocycles. The summed E-state index contributed by atoms with van der Waals surface area (Å²) < 4.78 is 39.5. The molecule has 0 saturated heterocycles. The van der Waals surface area contributed by atoms with Gasteiger partial charge in [0.15, 0.2) is 5.69 Å². The first-order valence-electron chi connectivity index (χ1n) is 5.23. The molecule has 0 unspecified atom stereocenters. The molecule has 0 aliphatic heterocycles. The maximum absolute atomic E-state index is 12.9. The Balaban J connectivity index is 2.62. The molecule has 0 saturated carbocycles. The van der Waals surface area contributed by atoms with Crippen LogP contribution in [0.4, 0.5) is 13.2 Å². The number of hydrogen-bond donors (Lipinski definition) is 1. The van der Waals surface area contributed by atoms with Crippen LogP contribution in [0, 0.1) is 6.92 Å². The van der Waals surface area contributed by atoms with Crippen LogP contribution >= 0.6 is 11.6 Å². The Bertz CT molecular complexity index is 610. The fourth-order valence-electron chi connectivity index (χ4n) is 1.60. The maximum Gasteiger partial charge on any atom is 0.435 e. The normalized spacial score (nSPS) is 11.9. The maximum atomic E-state index is 12.9. The van der Waals surface area contributed by atoms with Gasteiger partial charge in [-0.15, -0.1) is 5.10 Å². The van der Waals surface area contributed by atoms with E-state index in [0.29, 0.717) is 9.70 Å². The molecule has 1 heterocycles. The minimum atomic E-state index is -4.67. The van der Waals surface area contributed by atoms with E-state index >= 15 is 0 Å². The molecule has 4 nitrogen and oxygen atoms in total. The largest absolute Gasteiger partial charge is 0.435 e. The molecule has 0 amide bonds. The third-order valence-electron chi connectivity index (χ3n) is 2.56. The lowest BCUT2D eigenvalue weighted by molar-refractivity contribution is -0.143. The summed E-state index contributed by atoms with van der Waals surface area (Å²) in [4.78, 5) is 0. The second-order valence-corrected chi connectivity index (χ2v) is 4.29. The van der Waals surface area contributed by atoms with Crippen molar-refractivity contribution in [3.8, 4) is 5.69 Å². The van der Waals surface area contributed by atoms with E-state index < -0.39 is 24.2 Å². The highest BCUT2D eigenvalue weighted by Gasteiger charge is 2.39. The van der Waals surface area contributed by atoms with E-state index in [1.165, 1.54) is 12.1 Å². The van der Waals surface area contributed by atoms with Crippen molar-refractivity contribution in [3.63, 3.8) is 0 Å². The quantitative estimate of drug-likeness (QED) is 0.925. The average molecular weight is 292 g/mol. The summed E-state index contributed by atoms with van der Waals surface area (Å²) in [5.41, 5.74) is -0.754. The third kappa shape index (κ3) is 2.57. The van der Waals surface area contributed by atoms with Gasteiger partial charge in [-0.2, -0.15) is 13.2 Å². The number of benzene rings is 1. The third-order valence-corrected chi connectivity index (χ3v) is 2.97. The van der Waals surface area contributed by atoms with E-state index in [4.69, 9.17) is 16.7 Å². The molecular formula is C11H9ClF3N3O. The molecule has 0 atom stereocenters. The van der Waals surface area contributed by atoms with Crippen molar-refractivity contribution in [3.05, 3.63) is 40.2 Å². The number of nitrogens with zero attached hydrogens (tertiary/aromatic N) is 3. The molecule has 0 fully saturated rings. The summed E-state index contributed by atoms with van der Waals surface area (Å²) in [5, 5.41) is 16.0. The van der Waals surface area contributed by atoms with Gasteiger partial charge in [0.05, 0.1) is 12.3 Å². The van der Waals surface area contributed by atoms with Crippen molar-refractivity contribution < 1.29 is 18.3 Å². The molecular weight excluding hydrogens is 283 g/mol. The first-order valence-corrected chi connectivity index (χ1v) is 5.61. The highest BCUT2D eigenvalue weighted by molar-refractivity contribution is 6.31. The highest BCUT2D eigenvalue weighted by Crippen LogP contribution is 2.33. The van der Waals surface area contributed by atoms with Crippen LogP contribution in [0.25, 0.3) is 5.69 Å². The van der Waals surface area contributed by atoms with E-state index in [2.05, 4.69) is 10.3 Å². The number of aromatic nitrogens is 3. The van der Waals surface area contributed by atoms with Crippen LogP contribution in [0.5, 0.6) is 0 Å². The average Bonchev–Trinajstić information content (AvgIpc) is 2.76. The van der Waals surface area contributed by atoms with Crippen LogP contribution in [-0.4, -0.2) is 20.1 Å². The lowest BCUT2D eigenvalue weighted by atomic mass is 10.2. The molecule has 0 bridgehead atoms. The summed E-state index contributed by atoms with van der Waals surface area (Å²) in [6.07, 6.45) is -4.67. The van der Waals surface area contributed by atoms with Gasteiger partial charge in [0, 0.05) is 5.02 Å². The van der Waals surface area contributed by atoms with E-state index in [1.54, 1.807) is 13.0 Å². The highest BCUT2D eigenvalue weighted by atomic mass is 35.5. The lowest BCUT2D eigenvalue weighted by Crippen LogP contribution is -2.15. The number of alkyl halides is 3. The summed E-state index contributed by atoms with van der Waals surface area (Å²) in [6, 6.07) is 4.40. The van der Waals surface area contributed by atoms with E-state index in [0.717, 1.165) is 5.56 Å². The van der Waals surface area contributed by atoms with Crippen LogP contribution in [0.1, 0.15) is 17.0 Å². The number of halogens is 4. The topological polar surface area (TPSA) is 50.9 Å². The van der Waals surface area contributed by atoms with Gasteiger partial charge in [0.1, 0.15) is 5.69 Å². The fourth-order valence-corrected chi connectivity index (χ4v) is 1.77. The molecule has 1 aromatic carbocycles. The van der Waals surface area contributed by atoms with Crippen molar-refractivity contribution in [2.24, 2.45) is 0 Å². The first-order chi connectivity index (χ1) is 8.84. The van der Waals surface area contributed by atoms with Gasteiger partial charge in [-0.1, -0.05) is 22.9 Å². The molecule has 8 heteroatoms. The van der Waals surface area contributed by atoms with Gasteiger partial charge in [0.25, 0.3) is 0 Å². The Morgan fingerprint density at radius 2 is 2.05 bits per heavy atom. The van der Waals surface area contributed by atoms with E-state index in [1.807, 2.05) is 0 Å². The number of aliphatic hydroxyl groups is 1. The van der Waals surface area contributed by atoms with Gasteiger partial charge in [-0.05, 0) is 24.6 Å². The Hall–Kier alpha value is -1.60. The minimum Gasteiger partial charge on any atom is -0.390 e. The lowest BCUT2D eigenvalue weighted by Gasteiger charge is -2.11. The number of aryl methyl sites for hydroxylation is 1. The van der Waals surface area contributed by atoms with Crippen molar-refractivity contribution in [2.45, 2.75) is 19.7 Å². The summed E-state index contributed by atoms with van der Waals surface area (Å²) in [6.45, 7) is 0.895. The zero-order chi connectivity index (χ0) is 14.2. The molecule has 2 rings (SSSR count). The predicted octanol–water partition coefficient (Wildman–Crippen LogP) is 2.74. The van der Waals surface area contributed by atoms with Crippen LogP contribution in [0.3, 0.4) is 0 Å². The molecule has 2 aromatic rings. The molecule has 0 aliphatic carbocycles. The van der Waals surface area contributed by atoms with Gasteiger partial charge >= 0.3 is 6.18 Å². The molecule has 19 heavy (non-hydrogen) atoms. The van der Waals surface area contributed by atoms with Crippen molar-refractivity contribution in [1.29, 1.82) is 0 Å². The molecule has 0 aliphatic rings. The number of hydrogen-bond acceptors (Lipinski definition) is 3. The zero-order valence-corrected chi connectivity index (χ0v) is 10.5. The van der Waals surface area contributed by atoms with E-state index in [-0.39, 0.29) is 5.69 Å². The fraction of sp³-hybridized carbons (Fsp3) is 0.273. The van der Waals surface area contributed by atoms with Crippen LogP contribution < -0.4 is 0 Å². The number of aliphatic hydroxyl groups excluding tert-OH is 1. The van der Waals surface area contributed by atoms with Gasteiger partial charge in [-0.3, -0.25) is 0 Å². The van der Waals surface area contributed by atoms with Crippen molar-refractivity contribution in [2.75, 3.05) is 0 Å². The van der Waals surface area contributed by atoms with Crippen LogP contribution in [0.15, 0.2) is 18.2 Å². The SMILES string of the molecule is Cc1ccc(-n2nnc(CO)c2C(F)(F)F)cc1Cl. The Morgan fingerprint density at radius 1 is 1.37 bits per heavy atom. The summed E-state index contributed by atoms with van der Waals surface area (Å²) in [5.74, 6) is 0. The smallest absolute Gasteiger partial charge is 0.390 e. The minimum absolute atomic E-state index is 0.134. The van der Waals surface area contributed by atoms with E-state index in [9.17, 15) is 13.2 Å². The second kappa shape index (κ2) is 4.82. The standard InChI is InChI=1S/C11H9ClF3N3O/c1-6-2-3-7(4-8(6)12)18-10(11(13,14)15)9(5-19)16-17-18/h2-4,19H,5H2,1H3. The number of rotatable bonds is 2. The monoisotopic (exact) mass is 291 g/mol.